The molecule has 3 fully saturated rings. The van der Waals surface area contributed by atoms with Gasteiger partial charge in [-0.3, -0.25) is 0 Å². The van der Waals surface area contributed by atoms with E-state index in [2.05, 4.69) is 49.2 Å². The van der Waals surface area contributed by atoms with Crippen LogP contribution >= 0.6 is 70.6 Å². The highest BCUT2D eigenvalue weighted by Crippen LogP contribution is 2.51. The second-order valence-corrected chi connectivity index (χ2v) is 17.6. The molecule has 3 aliphatic rings. The zero-order valence-corrected chi connectivity index (χ0v) is 26.7. The highest BCUT2D eigenvalue weighted by molar-refractivity contribution is 8.22. The SMILES string of the molecule is C=C(C)C(=O)OCC1CSC(C(SC)C2CCC(C(SC)C3SCC(COC(=O)C(=C)C)S3)CC2)S1. The van der Waals surface area contributed by atoms with Gasteiger partial charge in [-0.05, 0) is 63.9 Å². The Morgan fingerprint density at radius 3 is 1.44 bits per heavy atom. The van der Waals surface area contributed by atoms with Gasteiger partial charge >= 0.3 is 11.9 Å². The second-order valence-electron chi connectivity index (χ2n) is 9.75. The zero-order chi connectivity index (χ0) is 26.2. The number of ether oxygens (including phenoxy) is 2. The van der Waals surface area contributed by atoms with Gasteiger partial charge in [-0.25, -0.2) is 9.59 Å². The van der Waals surface area contributed by atoms with Crippen LogP contribution in [0.4, 0.5) is 0 Å². The van der Waals surface area contributed by atoms with Crippen molar-refractivity contribution in [1.29, 1.82) is 0 Å². The van der Waals surface area contributed by atoms with Crippen molar-refractivity contribution in [2.75, 3.05) is 37.2 Å². The Bertz CT molecular complexity index is 720. The van der Waals surface area contributed by atoms with E-state index in [1.54, 1.807) is 13.8 Å². The molecular formula is C26H40O4S6. The molecule has 3 rings (SSSR count). The van der Waals surface area contributed by atoms with Crippen LogP contribution in [0, 0.1) is 11.8 Å². The van der Waals surface area contributed by atoms with Gasteiger partial charge in [-0.15, -0.1) is 47.0 Å². The van der Waals surface area contributed by atoms with Crippen molar-refractivity contribution in [2.45, 2.75) is 69.7 Å². The molecule has 0 amide bonds. The molecule has 1 saturated carbocycles. The molecule has 1 aliphatic carbocycles. The molecule has 0 N–H and O–H groups in total. The molecule has 6 unspecified atom stereocenters. The summed E-state index contributed by atoms with van der Waals surface area (Å²) in [5, 5.41) is 2.07. The normalized spacial score (nSPS) is 32.0. The lowest BCUT2D eigenvalue weighted by Crippen LogP contribution is -2.34. The van der Waals surface area contributed by atoms with E-state index in [0.717, 1.165) is 23.3 Å². The molecule has 0 aromatic carbocycles. The van der Waals surface area contributed by atoms with E-state index in [-0.39, 0.29) is 11.9 Å². The van der Waals surface area contributed by atoms with E-state index < -0.39 is 0 Å². The minimum atomic E-state index is -0.273. The van der Waals surface area contributed by atoms with E-state index in [9.17, 15) is 9.59 Å². The first-order chi connectivity index (χ1) is 17.2. The van der Waals surface area contributed by atoms with Crippen LogP contribution in [0.25, 0.3) is 0 Å². The Morgan fingerprint density at radius 2 is 1.14 bits per heavy atom. The lowest BCUT2D eigenvalue weighted by Gasteiger charge is -2.39. The average Bonchev–Trinajstić information content (AvgIpc) is 3.53. The lowest BCUT2D eigenvalue weighted by atomic mass is 9.79. The fraction of sp³-hybridized carbons (Fsp3) is 0.769. The quantitative estimate of drug-likeness (QED) is 0.174. The molecule has 0 aromatic rings. The maximum absolute atomic E-state index is 11.8. The molecule has 204 valence electrons. The van der Waals surface area contributed by atoms with Gasteiger partial charge in [0.1, 0.15) is 13.2 Å². The summed E-state index contributed by atoms with van der Waals surface area (Å²) in [6.45, 7) is 11.7. The van der Waals surface area contributed by atoms with E-state index in [4.69, 9.17) is 9.47 Å². The Hall–Kier alpha value is 0.520. The maximum atomic E-state index is 11.8. The minimum absolute atomic E-state index is 0.273. The highest BCUT2D eigenvalue weighted by Gasteiger charge is 2.41. The monoisotopic (exact) mass is 608 g/mol. The maximum Gasteiger partial charge on any atom is 0.333 e. The summed E-state index contributed by atoms with van der Waals surface area (Å²) >= 11 is 12.2. The van der Waals surface area contributed by atoms with Crippen LogP contribution in [0.1, 0.15) is 39.5 Å². The third-order valence-corrected chi connectivity index (χ3v) is 16.8. The van der Waals surface area contributed by atoms with Gasteiger partial charge in [0.25, 0.3) is 0 Å². The molecule has 2 saturated heterocycles. The van der Waals surface area contributed by atoms with Crippen molar-refractivity contribution in [3.8, 4) is 0 Å². The fourth-order valence-electron chi connectivity index (χ4n) is 4.90. The average molecular weight is 609 g/mol. The van der Waals surface area contributed by atoms with Gasteiger partial charge in [0.15, 0.2) is 0 Å². The minimum Gasteiger partial charge on any atom is -0.461 e. The number of carbonyl (C=O) groups is 2. The van der Waals surface area contributed by atoms with Crippen LogP contribution in [0.2, 0.25) is 0 Å². The van der Waals surface area contributed by atoms with Gasteiger partial charge in [-0.1, -0.05) is 13.2 Å². The van der Waals surface area contributed by atoms with E-state index in [1.165, 1.54) is 25.7 Å². The van der Waals surface area contributed by atoms with Gasteiger partial charge in [0.05, 0.1) is 9.16 Å². The van der Waals surface area contributed by atoms with E-state index in [0.29, 0.717) is 54.5 Å². The molecule has 0 aromatic heterocycles. The van der Waals surface area contributed by atoms with Gasteiger partial charge in [0.2, 0.25) is 0 Å². The third-order valence-electron chi connectivity index (χ3n) is 6.87. The Morgan fingerprint density at radius 1 is 0.778 bits per heavy atom. The van der Waals surface area contributed by atoms with Crippen LogP contribution in [-0.4, -0.2) is 79.3 Å². The molecule has 0 radical (unpaired) electrons. The second kappa shape index (κ2) is 15.3. The summed E-state index contributed by atoms with van der Waals surface area (Å²) in [6, 6.07) is 0. The molecule has 4 nitrogen and oxygen atoms in total. The molecular weight excluding hydrogens is 569 g/mol. The highest BCUT2D eigenvalue weighted by atomic mass is 32.2. The summed E-state index contributed by atoms with van der Waals surface area (Å²) in [7, 11) is 0. The summed E-state index contributed by atoms with van der Waals surface area (Å²) in [4.78, 5) is 23.5. The van der Waals surface area contributed by atoms with Crippen molar-refractivity contribution < 1.29 is 19.1 Å². The molecule has 2 aliphatic heterocycles. The first kappa shape index (κ1) is 31.1. The van der Waals surface area contributed by atoms with Gasteiger partial charge < -0.3 is 9.47 Å². The zero-order valence-electron chi connectivity index (χ0n) is 21.8. The first-order valence-electron chi connectivity index (χ1n) is 12.5. The number of carbonyl (C=O) groups excluding carboxylic acids is 2. The molecule has 6 atom stereocenters. The van der Waals surface area contributed by atoms with Crippen molar-refractivity contribution in [3.05, 3.63) is 24.3 Å². The predicted molar refractivity (Wildman–Crippen MR) is 167 cm³/mol. The Kier molecular flexibility index (Phi) is 13.2. The number of hydrogen-bond acceptors (Lipinski definition) is 10. The van der Waals surface area contributed by atoms with Crippen molar-refractivity contribution in [1.82, 2.24) is 0 Å². The fourth-order valence-corrected chi connectivity index (χ4v) is 15.6. The Balaban J connectivity index is 1.44. The lowest BCUT2D eigenvalue weighted by molar-refractivity contribution is -0.139. The summed E-state index contributed by atoms with van der Waals surface area (Å²) in [6.07, 6.45) is 9.76. The predicted octanol–water partition coefficient (Wildman–Crippen LogP) is 6.84. The van der Waals surface area contributed by atoms with E-state index in [1.807, 2.05) is 47.0 Å². The first-order valence-corrected chi connectivity index (χ1v) is 19.0. The van der Waals surface area contributed by atoms with Gasteiger partial charge in [-0.2, -0.15) is 23.5 Å². The molecule has 36 heavy (non-hydrogen) atoms. The molecule has 0 spiro atoms. The van der Waals surface area contributed by atoms with Crippen LogP contribution in [-0.2, 0) is 19.1 Å². The molecule has 0 bridgehead atoms. The smallest absolute Gasteiger partial charge is 0.333 e. The Labute approximate surface area is 243 Å². The van der Waals surface area contributed by atoms with Gasteiger partial charge in [0, 0.05) is 43.7 Å². The van der Waals surface area contributed by atoms with Crippen LogP contribution in [0.5, 0.6) is 0 Å². The van der Waals surface area contributed by atoms with Crippen molar-refractivity contribution >= 4 is 82.5 Å². The number of rotatable bonds is 12. The van der Waals surface area contributed by atoms with Crippen LogP contribution < -0.4 is 0 Å². The number of esters is 2. The molecule has 10 heteroatoms. The summed E-state index contributed by atoms with van der Waals surface area (Å²) in [5.74, 6) is 3.09. The summed E-state index contributed by atoms with van der Waals surface area (Å²) < 4.78 is 12.0. The molecule has 2 heterocycles. The standard InChI is InChI=1S/C26H40O4S6/c1-15(2)23(27)29-11-19-13-33-25(35-19)21(31-5)17-7-9-18(10-8-17)22(32-6)26-34-14-20(36-26)12-30-24(28)16(3)4/h17-22,25-26H,1,3,7-14H2,2,4-6H3. The number of thioether (sulfide) groups is 6. The van der Waals surface area contributed by atoms with E-state index >= 15 is 0 Å². The van der Waals surface area contributed by atoms with Crippen LogP contribution in [0.15, 0.2) is 24.3 Å². The number of hydrogen-bond donors (Lipinski definition) is 0. The van der Waals surface area contributed by atoms with Crippen molar-refractivity contribution in [3.63, 3.8) is 0 Å². The largest absolute Gasteiger partial charge is 0.461 e. The van der Waals surface area contributed by atoms with Crippen molar-refractivity contribution in [2.24, 2.45) is 11.8 Å². The topological polar surface area (TPSA) is 52.6 Å². The van der Waals surface area contributed by atoms with Crippen LogP contribution in [0.3, 0.4) is 0 Å². The third kappa shape index (κ3) is 8.77. The summed E-state index contributed by atoms with van der Waals surface area (Å²) in [5.41, 5.74) is 0.946.